The van der Waals surface area contributed by atoms with E-state index < -0.39 is 5.41 Å². The van der Waals surface area contributed by atoms with Gasteiger partial charge in [0.25, 0.3) is 0 Å². The SMILES string of the molecule is CCC1(CC)C(=O)NC2(COC2)c2ccc(Cl)cc21. The zero-order valence-corrected chi connectivity index (χ0v) is 12.0. The Hall–Kier alpha value is -1.06. The minimum absolute atomic E-state index is 0.107. The molecule has 2 aliphatic rings. The molecule has 3 rings (SSSR count). The molecule has 0 aliphatic carbocycles. The third-order valence-electron chi connectivity index (χ3n) is 4.70. The van der Waals surface area contributed by atoms with Crippen LogP contribution in [0, 0.1) is 0 Å². The molecule has 0 radical (unpaired) electrons. The van der Waals surface area contributed by atoms with Crippen molar-refractivity contribution in [2.45, 2.75) is 37.6 Å². The van der Waals surface area contributed by atoms with Crippen LogP contribution in [-0.2, 0) is 20.5 Å². The minimum Gasteiger partial charge on any atom is -0.376 e. The van der Waals surface area contributed by atoms with Crippen molar-refractivity contribution < 1.29 is 9.53 Å². The lowest BCUT2D eigenvalue weighted by Crippen LogP contribution is -2.66. The number of halogens is 1. The maximum atomic E-state index is 12.7. The van der Waals surface area contributed by atoms with Gasteiger partial charge in [-0.1, -0.05) is 31.5 Å². The van der Waals surface area contributed by atoms with Crippen LogP contribution in [0.25, 0.3) is 0 Å². The van der Waals surface area contributed by atoms with Crippen LogP contribution >= 0.6 is 11.6 Å². The molecule has 0 aromatic heterocycles. The summed E-state index contributed by atoms with van der Waals surface area (Å²) in [6.07, 6.45) is 1.55. The van der Waals surface area contributed by atoms with Gasteiger partial charge in [-0.15, -0.1) is 0 Å². The molecule has 2 aliphatic heterocycles. The van der Waals surface area contributed by atoms with Gasteiger partial charge in [-0.3, -0.25) is 4.79 Å². The predicted octanol–water partition coefficient (Wildman–Crippen LogP) is 2.75. The van der Waals surface area contributed by atoms with Crippen LogP contribution in [0.4, 0.5) is 0 Å². The molecular formula is C15H18ClNO2. The van der Waals surface area contributed by atoms with Crippen LogP contribution in [0.3, 0.4) is 0 Å². The summed E-state index contributed by atoms with van der Waals surface area (Å²) in [5, 5.41) is 3.88. The van der Waals surface area contributed by atoms with Crippen molar-refractivity contribution in [1.82, 2.24) is 5.32 Å². The first kappa shape index (κ1) is 12.9. The molecule has 4 heteroatoms. The van der Waals surface area contributed by atoms with Crippen LogP contribution < -0.4 is 5.32 Å². The third kappa shape index (κ3) is 1.58. The number of amides is 1. The van der Waals surface area contributed by atoms with E-state index in [0.717, 1.165) is 18.4 Å². The fraction of sp³-hybridized carbons (Fsp3) is 0.533. The van der Waals surface area contributed by atoms with Crippen molar-refractivity contribution in [3.05, 3.63) is 34.3 Å². The van der Waals surface area contributed by atoms with E-state index in [9.17, 15) is 4.79 Å². The van der Waals surface area contributed by atoms with Gasteiger partial charge in [-0.05, 0) is 36.1 Å². The smallest absolute Gasteiger partial charge is 0.231 e. The summed E-state index contributed by atoms with van der Waals surface area (Å²) in [6.45, 7) is 5.22. The average Bonchev–Trinajstić information content (AvgIpc) is 2.36. The predicted molar refractivity (Wildman–Crippen MR) is 74.4 cm³/mol. The monoisotopic (exact) mass is 279 g/mol. The van der Waals surface area contributed by atoms with Gasteiger partial charge in [0.15, 0.2) is 0 Å². The van der Waals surface area contributed by atoms with Crippen molar-refractivity contribution in [2.75, 3.05) is 13.2 Å². The molecule has 2 heterocycles. The van der Waals surface area contributed by atoms with Gasteiger partial charge in [0.2, 0.25) is 5.91 Å². The van der Waals surface area contributed by atoms with E-state index in [1.165, 1.54) is 5.56 Å². The standard InChI is InChI=1S/C15H18ClNO2/c1-3-14(4-2)12-7-10(16)5-6-11(12)15(8-19-9-15)17-13(14)18/h5-7H,3-4,8-9H2,1-2H3,(H,17,18). The lowest BCUT2D eigenvalue weighted by atomic mass is 9.66. The van der Waals surface area contributed by atoms with Crippen LogP contribution in [0.5, 0.6) is 0 Å². The molecule has 1 spiro atoms. The Morgan fingerprint density at radius 1 is 1.26 bits per heavy atom. The van der Waals surface area contributed by atoms with Gasteiger partial charge in [0.05, 0.1) is 18.6 Å². The zero-order chi connectivity index (χ0) is 13.7. The first-order chi connectivity index (χ1) is 9.08. The molecule has 1 N–H and O–H groups in total. The summed E-state index contributed by atoms with van der Waals surface area (Å²) >= 11 is 6.16. The fourth-order valence-corrected chi connectivity index (χ4v) is 3.51. The number of carbonyl (C=O) groups excluding carboxylic acids is 1. The number of fused-ring (bicyclic) bond motifs is 2. The largest absolute Gasteiger partial charge is 0.376 e. The highest BCUT2D eigenvalue weighted by Crippen LogP contribution is 2.46. The van der Waals surface area contributed by atoms with E-state index in [0.29, 0.717) is 18.2 Å². The Morgan fingerprint density at radius 2 is 1.95 bits per heavy atom. The number of hydrogen-bond acceptors (Lipinski definition) is 2. The summed E-state index contributed by atoms with van der Waals surface area (Å²) in [4.78, 5) is 12.7. The van der Waals surface area contributed by atoms with Crippen molar-refractivity contribution in [3.63, 3.8) is 0 Å². The number of rotatable bonds is 2. The Labute approximate surface area is 118 Å². The lowest BCUT2D eigenvalue weighted by molar-refractivity contribution is -0.143. The molecule has 0 bridgehead atoms. The van der Waals surface area contributed by atoms with E-state index in [2.05, 4.69) is 19.2 Å². The first-order valence-electron chi connectivity index (χ1n) is 6.79. The Kier molecular flexibility index (Phi) is 2.88. The number of ether oxygens (including phenoxy) is 1. The number of hydrogen-bond donors (Lipinski definition) is 1. The molecule has 0 atom stereocenters. The molecule has 102 valence electrons. The molecule has 1 aromatic carbocycles. The second kappa shape index (κ2) is 4.22. The van der Waals surface area contributed by atoms with E-state index in [-0.39, 0.29) is 11.4 Å². The molecule has 19 heavy (non-hydrogen) atoms. The highest BCUT2D eigenvalue weighted by molar-refractivity contribution is 6.30. The second-order valence-corrected chi connectivity index (χ2v) is 5.94. The lowest BCUT2D eigenvalue weighted by Gasteiger charge is -2.51. The summed E-state index contributed by atoms with van der Waals surface area (Å²) in [7, 11) is 0. The van der Waals surface area contributed by atoms with Gasteiger partial charge in [-0.2, -0.15) is 0 Å². The summed E-state index contributed by atoms with van der Waals surface area (Å²) in [6, 6.07) is 5.90. The van der Waals surface area contributed by atoms with Crippen LogP contribution in [0.2, 0.25) is 5.02 Å². The maximum Gasteiger partial charge on any atom is 0.231 e. The van der Waals surface area contributed by atoms with Crippen molar-refractivity contribution >= 4 is 17.5 Å². The molecule has 1 saturated heterocycles. The molecule has 0 saturated carbocycles. The Morgan fingerprint density at radius 3 is 2.47 bits per heavy atom. The van der Waals surface area contributed by atoms with Gasteiger partial charge >= 0.3 is 0 Å². The van der Waals surface area contributed by atoms with Crippen LogP contribution in [0.1, 0.15) is 37.8 Å². The van der Waals surface area contributed by atoms with Gasteiger partial charge < -0.3 is 10.1 Å². The van der Waals surface area contributed by atoms with E-state index >= 15 is 0 Å². The van der Waals surface area contributed by atoms with Gasteiger partial charge in [-0.25, -0.2) is 0 Å². The van der Waals surface area contributed by atoms with Gasteiger partial charge in [0, 0.05) is 5.02 Å². The van der Waals surface area contributed by atoms with E-state index in [4.69, 9.17) is 16.3 Å². The van der Waals surface area contributed by atoms with Crippen molar-refractivity contribution in [1.29, 1.82) is 0 Å². The molecule has 0 unspecified atom stereocenters. The quantitative estimate of drug-likeness (QED) is 0.904. The van der Waals surface area contributed by atoms with Crippen LogP contribution in [0.15, 0.2) is 18.2 Å². The van der Waals surface area contributed by atoms with Crippen molar-refractivity contribution in [3.8, 4) is 0 Å². The first-order valence-corrected chi connectivity index (χ1v) is 7.16. The Bertz CT molecular complexity index is 533. The number of carbonyl (C=O) groups is 1. The highest BCUT2D eigenvalue weighted by atomic mass is 35.5. The Balaban J connectivity index is 2.24. The zero-order valence-electron chi connectivity index (χ0n) is 11.3. The van der Waals surface area contributed by atoms with Gasteiger partial charge in [0.1, 0.15) is 5.54 Å². The normalized spacial score (nSPS) is 22.6. The van der Waals surface area contributed by atoms with E-state index in [1.807, 2.05) is 18.2 Å². The van der Waals surface area contributed by atoms with Crippen LogP contribution in [-0.4, -0.2) is 19.1 Å². The summed E-state index contributed by atoms with van der Waals surface area (Å²) in [5.74, 6) is 0.107. The van der Waals surface area contributed by atoms with E-state index in [1.54, 1.807) is 0 Å². The molecule has 3 nitrogen and oxygen atoms in total. The summed E-state index contributed by atoms with van der Waals surface area (Å²) in [5.41, 5.74) is 1.47. The second-order valence-electron chi connectivity index (χ2n) is 5.51. The third-order valence-corrected chi connectivity index (χ3v) is 4.94. The molecule has 1 amide bonds. The molecule has 1 fully saturated rings. The number of benzene rings is 1. The average molecular weight is 280 g/mol. The van der Waals surface area contributed by atoms with Crippen molar-refractivity contribution in [2.24, 2.45) is 0 Å². The minimum atomic E-state index is -0.457. The highest BCUT2D eigenvalue weighted by Gasteiger charge is 2.53. The topological polar surface area (TPSA) is 38.3 Å². The molecular weight excluding hydrogens is 262 g/mol. The molecule has 1 aromatic rings. The maximum absolute atomic E-state index is 12.7. The fourth-order valence-electron chi connectivity index (χ4n) is 3.34. The number of nitrogens with one attached hydrogen (secondary N) is 1. The summed E-state index contributed by atoms with van der Waals surface area (Å²) < 4.78 is 5.34.